The normalized spacial score (nSPS) is 40.9. The Morgan fingerprint density at radius 1 is 1.26 bits per heavy atom. The second kappa shape index (κ2) is 4.73. The van der Waals surface area contributed by atoms with Gasteiger partial charge in [-0.05, 0) is 25.3 Å². The molecule has 27 heavy (non-hydrogen) atoms. The van der Waals surface area contributed by atoms with Gasteiger partial charge in [-0.3, -0.25) is 14.6 Å². The van der Waals surface area contributed by atoms with E-state index in [2.05, 4.69) is 17.1 Å². The van der Waals surface area contributed by atoms with Crippen LogP contribution in [0.3, 0.4) is 0 Å². The van der Waals surface area contributed by atoms with Gasteiger partial charge in [0, 0.05) is 30.6 Å². The predicted molar refractivity (Wildman–Crippen MR) is 97.2 cm³/mol. The number of carbonyl (C=O) groups is 2. The second-order valence-corrected chi connectivity index (χ2v) is 8.45. The molecule has 1 aliphatic carbocycles. The average Bonchev–Trinajstić information content (AvgIpc) is 3.24. The number of para-hydroxylation sites is 1. The molecule has 0 aromatic heterocycles. The van der Waals surface area contributed by atoms with Crippen LogP contribution < -0.4 is 4.90 Å². The molecule has 6 heteroatoms. The van der Waals surface area contributed by atoms with Gasteiger partial charge in [-0.2, -0.15) is 0 Å². The number of rotatable bonds is 0. The van der Waals surface area contributed by atoms with Gasteiger partial charge in [0.2, 0.25) is 0 Å². The third kappa shape index (κ3) is 1.51. The molecule has 140 valence electrons. The molecule has 1 aromatic rings. The van der Waals surface area contributed by atoms with Crippen LogP contribution >= 0.6 is 0 Å². The minimum atomic E-state index is -0.783. The standard InChI is InChI=1S/C21H22N2O4/c1-26-18(25)23-16-6-3-2-5-14(16)21-10-12-22-11-4-7-19(22)8-9-20(21,23)15(13-19)17(24)27-21/h2-7,15H,8-13H2,1H3/t15-,19-,20-,21-/m0/s1. The van der Waals surface area contributed by atoms with Gasteiger partial charge in [0.15, 0.2) is 5.60 Å². The maximum absolute atomic E-state index is 13.2. The number of hydrogen-bond acceptors (Lipinski definition) is 5. The number of esters is 1. The summed E-state index contributed by atoms with van der Waals surface area (Å²) in [6, 6.07) is 7.87. The van der Waals surface area contributed by atoms with E-state index in [0.29, 0.717) is 12.8 Å². The van der Waals surface area contributed by atoms with Gasteiger partial charge in [0.05, 0.1) is 18.7 Å². The van der Waals surface area contributed by atoms with Gasteiger partial charge >= 0.3 is 12.1 Å². The fraction of sp³-hybridized carbons (Fsp3) is 0.524. The van der Waals surface area contributed by atoms with E-state index >= 15 is 0 Å². The zero-order valence-corrected chi connectivity index (χ0v) is 15.3. The minimum absolute atomic E-state index is 0.0813. The highest BCUT2D eigenvalue weighted by atomic mass is 16.6. The molecule has 1 saturated carbocycles. The van der Waals surface area contributed by atoms with Crippen LogP contribution in [-0.2, 0) is 19.9 Å². The van der Waals surface area contributed by atoms with Crippen molar-refractivity contribution in [3.63, 3.8) is 0 Å². The van der Waals surface area contributed by atoms with Gasteiger partial charge in [0.1, 0.15) is 5.54 Å². The zero-order chi connectivity index (χ0) is 18.4. The van der Waals surface area contributed by atoms with Crippen LogP contribution in [0.1, 0.15) is 31.2 Å². The fourth-order valence-electron chi connectivity index (χ4n) is 6.75. The Morgan fingerprint density at radius 2 is 2.11 bits per heavy atom. The highest BCUT2D eigenvalue weighted by molar-refractivity contribution is 5.98. The summed E-state index contributed by atoms with van der Waals surface area (Å²) in [7, 11) is 1.41. The third-order valence-electron chi connectivity index (χ3n) is 7.79. The minimum Gasteiger partial charge on any atom is -0.452 e. The summed E-state index contributed by atoms with van der Waals surface area (Å²) < 4.78 is 11.4. The lowest BCUT2D eigenvalue weighted by molar-refractivity contribution is -0.152. The maximum Gasteiger partial charge on any atom is 0.414 e. The summed E-state index contributed by atoms with van der Waals surface area (Å²) in [6.07, 6.45) is 7.15. The first-order valence-corrected chi connectivity index (χ1v) is 9.71. The van der Waals surface area contributed by atoms with Gasteiger partial charge in [-0.15, -0.1) is 0 Å². The van der Waals surface area contributed by atoms with Crippen LogP contribution in [0.5, 0.6) is 0 Å². The molecule has 0 N–H and O–H groups in total. The topological polar surface area (TPSA) is 59.1 Å². The Hall–Kier alpha value is -2.34. The smallest absolute Gasteiger partial charge is 0.414 e. The van der Waals surface area contributed by atoms with Crippen molar-refractivity contribution in [3.8, 4) is 0 Å². The van der Waals surface area contributed by atoms with Crippen LogP contribution in [0.25, 0.3) is 0 Å². The van der Waals surface area contributed by atoms with Crippen LogP contribution in [0.15, 0.2) is 36.4 Å². The van der Waals surface area contributed by atoms with Crippen LogP contribution in [-0.4, -0.2) is 48.2 Å². The lowest BCUT2D eigenvalue weighted by atomic mass is 9.58. The number of methoxy groups -OCH3 is 1. The number of nitrogens with zero attached hydrogens (tertiary/aromatic N) is 2. The number of ether oxygens (including phenoxy) is 2. The van der Waals surface area contributed by atoms with Crippen LogP contribution in [0, 0.1) is 5.92 Å². The van der Waals surface area contributed by atoms with Crippen LogP contribution in [0.2, 0.25) is 0 Å². The van der Waals surface area contributed by atoms with Crippen molar-refractivity contribution in [2.24, 2.45) is 5.92 Å². The first-order chi connectivity index (χ1) is 13.1. The highest BCUT2D eigenvalue weighted by Crippen LogP contribution is 2.68. The summed E-state index contributed by atoms with van der Waals surface area (Å²) in [6.45, 7) is 1.77. The molecule has 1 amide bonds. The average molecular weight is 366 g/mol. The molecule has 5 heterocycles. The summed E-state index contributed by atoms with van der Waals surface area (Å²) >= 11 is 0. The van der Waals surface area contributed by atoms with Crippen LogP contribution in [0.4, 0.5) is 10.5 Å². The van der Waals surface area contributed by atoms with Crippen molar-refractivity contribution in [2.75, 3.05) is 25.1 Å². The van der Waals surface area contributed by atoms with Gasteiger partial charge in [-0.1, -0.05) is 30.4 Å². The van der Waals surface area contributed by atoms with E-state index in [-0.39, 0.29) is 17.4 Å². The first kappa shape index (κ1) is 15.7. The van der Waals surface area contributed by atoms with E-state index < -0.39 is 17.2 Å². The third-order valence-corrected chi connectivity index (χ3v) is 7.79. The molecule has 5 aliphatic heterocycles. The van der Waals surface area contributed by atoms with Crippen molar-refractivity contribution >= 4 is 17.7 Å². The SMILES string of the molecule is COC(=O)N1c2ccccc2[C@@]23CCN4CC=C[C@@]45CC[C@@]12[C@@H](C5)C(=O)O3. The van der Waals surface area contributed by atoms with E-state index in [0.717, 1.165) is 37.2 Å². The number of benzene rings is 1. The lowest BCUT2D eigenvalue weighted by Gasteiger charge is -2.56. The predicted octanol–water partition coefficient (Wildman–Crippen LogP) is 2.58. The quantitative estimate of drug-likeness (QED) is 0.522. The number of anilines is 1. The van der Waals surface area contributed by atoms with Gasteiger partial charge in [0.25, 0.3) is 0 Å². The molecule has 7 rings (SSSR count). The van der Waals surface area contributed by atoms with Crippen molar-refractivity contribution < 1.29 is 19.1 Å². The summed E-state index contributed by atoms with van der Waals surface area (Å²) in [5, 5.41) is 0. The Morgan fingerprint density at radius 3 is 2.96 bits per heavy atom. The second-order valence-electron chi connectivity index (χ2n) is 8.45. The Balaban J connectivity index is 1.64. The van der Waals surface area contributed by atoms with Crippen molar-refractivity contribution in [3.05, 3.63) is 42.0 Å². The van der Waals surface area contributed by atoms with Crippen molar-refractivity contribution in [1.29, 1.82) is 0 Å². The molecular weight excluding hydrogens is 344 g/mol. The molecule has 2 spiro atoms. The largest absolute Gasteiger partial charge is 0.452 e. The molecule has 0 unspecified atom stereocenters. The molecular formula is C21H22N2O4. The van der Waals surface area contributed by atoms with E-state index in [4.69, 9.17) is 9.47 Å². The lowest BCUT2D eigenvalue weighted by Crippen LogP contribution is -2.68. The van der Waals surface area contributed by atoms with Crippen molar-refractivity contribution in [1.82, 2.24) is 4.90 Å². The molecule has 6 aliphatic rings. The maximum atomic E-state index is 13.2. The summed E-state index contributed by atoms with van der Waals surface area (Å²) in [4.78, 5) is 30.4. The first-order valence-electron chi connectivity index (χ1n) is 9.71. The molecule has 4 bridgehead atoms. The molecule has 4 fully saturated rings. The Labute approximate surface area is 157 Å². The Bertz CT molecular complexity index is 913. The van der Waals surface area contributed by atoms with E-state index in [1.807, 2.05) is 24.3 Å². The summed E-state index contributed by atoms with van der Waals surface area (Å²) in [5.74, 6) is -0.511. The zero-order valence-electron chi connectivity index (χ0n) is 15.3. The number of amides is 1. The molecule has 6 nitrogen and oxygen atoms in total. The fourth-order valence-corrected chi connectivity index (χ4v) is 6.75. The highest BCUT2D eigenvalue weighted by Gasteiger charge is 2.78. The number of carbonyl (C=O) groups excluding carboxylic acids is 2. The molecule has 3 saturated heterocycles. The number of fused-ring (bicyclic) bond motifs is 3. The van der Waals surface area contributed by atoms with E-state index in [1.54, 1.807) is 4.90 Å². The molecule has 4 atom stereocenters. The van der Waals surface area contributed by atoms with Gasteiger partial charge in [-0.25, -0.2) is 4.79 Å². The van der Waals surface area contributed by atoms with Gasteiger partial charge < -0.3 is 9.47 Å². The Kier molecular flexibility index (Phi) is 2.75. The summed E-state index contributed by atoms with van der Waals surface area (Å²) in [5.41, 5.74) is 0.230. The number of hydrogen-bond donors (Lipinski definition) is 0. The van der Waals surface area contributed by atoms with Crippen molar-refractivity contribution in [2.45, 2.75) is 42.4 Å². The monoisotopic (exact) mass is 366 g/mol. The van der Waals surface area contributed by atoms with E-state index in [9.17, 15) is 9.59 Å². The molecule has 1 aromatic carbocycles. The molecule has 0 radical (unpaired) electrons. The van der Waals surface area contributed by atoms with E-state index in [1.165, 1.54) is 7.11 Å².